The van der Waals surface area contributed by atoms with E-state index in [2.05, 4.69) is 10.6 Å². The topological polar surface area (TPSA) is 117 Å². The summed E-state index contributed by atoms with van der Waals surface area (Å²) in [5.41, 5.74) is 1.23. The highest BCUT2D eigenvalue weighted by Gasteiger charge is 2.77. The predicted octanol–water partition coefficient (Wildman–Crippen LogP) is 3.53. The summed E-state index contributed by atoms with van der Waals surface area (Å²) < 4.78 is 9.51. The Bertz CT molecular complexity index is 1240. The first kappa shape index (κ1) is 27.3. The number of ether oxygens (including phenoxy) is 2. The quantitative estimate of drug-likeness (QED) is 0.412. The van der Waals surface area contributed by atoms with Crippen LogP contribution in [-0.2, 0) is 14.4 Å². The normalized spacial score (nSPS) is 28.8. The highest BCUT2D eigenvalue weighted by Crippen LogP contribution is 2.71. The first-order valence-electron chi connectivity index (χ1n) is 13.4. The summed E-state index contributed by atoms with van der Waals surface area (Å²) in [6.07, 6.45) is 1.74. The summed E-state index contributed by atoms with van der Waals surface area (Å²) >= 11 is 1.62. The molecule has 3 amide bonds. The maximum absolute atomic E-state index is 14.0. The molecule has 0 saturated carbocycles. The van der Waals surface area contributed by atoms with Crippen molar-refractivity contribution in [2.45, 2.75) is 48.6 Å². The van der Waals surface area contributed by atoms with Crippen LogP contribution >= 0.6 is 11.8 Å². The molecular formula is C29H35N3O6S. The minimum atomic E-state index is -0.751. The fourth-order valence-electron chi connectivity index (χ4n) is 6.51. The molecule has 3 aliphatic heterocycles. The molecule has 208 valence electrons. The zero-order chi connectivity index (χ0) is 27.8. The molecule has 10 heteroatoms. The lowest BCUT2D eigenvalue weighted by molar-refractivity contribution is -0.139. The summed E-state index contributed by atoms with van der Waals surface area (Å²) in [4.78, 5) is 43.2. The number of hydrogen-bond donors (Lipinski definition) is 3. The van der Waals surface area contributed by atoms with Gasteiger partial charge in [0.2, 0.25) is 17.7 Å². The molecule has 2 aromatic rings. The Balaban J connectivity index is 1.43. The van der Waals surface area contributed by atoms with Crippen LogP contribution in [0, 0.1) is 11.8 Å². The second-order valence-electron chi connectivity index (χ2n) is 10.5. The molecule has 1 spiro atoms. The van der Waals surface area contributed by atoms with Crippen LogP contribution < -0.4 is 20.1 Å². The van der Waals surface area contributed by atoms with Crippen molar-refractivity contribution in [2.75, 3.05) is 37.5 Å². The Kier molecular flexibility index (Phi) is 7.52. The average Bonchev–Trinajstić information content (AvgIpc) is 3.49. The van der Waals surface area contributed by atoms with Gasteiger partial charge in [-0.1, -0.05) is 0 Å². The van der Waals surface area contributed by atoms with Crippen LogP contribution in [0.1, 0.15) is 33.1 Å². The van der Waals surface area contributed by atoms with E-state index in [1.54, 1.807) is 72.3 Å². The Hall–Kier alpha value is -3.24. The van der Waals surface area contributed by atoms with Gasteiger partial charge in [0.1, 0.15) is 17.5 Å². The number of carbonyl (C=O) groups excluding carboxylic acids is 3. The maximum Gasteiger partial charge on any atom is 0.248 e. The van der Waals surface area contributed by atoms with Gasteiger partial charge >= 0.3 is 0 Å². The van der Waals surface area contributed by atoms with E-state index in [0.29, 0.717) is 42.3 Å². The molecule has 39 heavy (non-hydrogen) atoms. The standard InChI is InChI=1S/C29H35N3O6S/c1-4-38-21-12-8-18(9-13-21)30-25(34)22-23-27(36)32(16-5-17-33)24(29(23)15-14-28(22,2)39-29)26(35)31-19-6-10-20(37-3)11-7-19/h6-13,22-24,33H,4-5,14-17H2,1-3H3,(H,30,34)(H,31,35)/t22-,23-,24?,28+,29?/m0/s1. The van der Waals surface area contributed by atoms with Gasteiger partial charge in [-0.2, -0.15) is 0 Å². The molecule has 0 aliphatic carbocycles. The molecule has 9 nitrogen and oxygen atoms in total. The number of likely N-dealkylation sites (tertiary alicyclic amines) is 1. The van der Waals surface area contributed by atoms with E-state index in [-0.39, 0.29) is 30.9 Å². The zero-order valence-corrected chi connectivity index (χ0v) is 23.3. The predicted molar refractivity (Wildman–Crippen MR) is 150 cm³/mol. The monoisotopic (exact) mass is 553 g/mol. The van der Waals surface area contributed by atoms with E-state index in [1.165, 1.54) is 0 Å². The van der Waals surface area contributed by atoms with E-state index >= 15 is 0 Å². The van der Waals surface area contributed by atoms with Crippen molar-refractivity contribution in [1.29, 1.82) is 0 Å². The van der Waals surface area contributed by atoms with Crippen molar-refractivity contribution in [3.63, 3.8) is 0 Å². The third-order valence-electron chi connectivity index (χ3n) is 8.15. The van der Waals surface area contributed by atoms with Crippen LogP contribution in [0.15, 0.2) is 48.5 Å². The molecule has 3 N–H and O–H groups in total. The molecule has 5 rings (SSSR count). The van der Waals surface area contributed by atoms with Crippen molar-refractivity contribution in [3.05, 3.63) is 48.5 Å². The highest BCUT2D eigenvalue weighted by molar-refractivity contribution is 8.02. The number of rotatable bonds is 10. The fourth-order valence-corrected chi connectivity index (χ4v) is 8.87. The number of aliphatic hydroxyl groups is 1. The first-order valence-corrected chi connectivity index (χ1v) is 14.2. The van der Waals surface area contributed by atoms with Gasteiger partial charge in [0.25, 0.3) is 0 Å². The van der Waals surface area contributed by atoms with Gasteiger partial charge in [0.05, 0.1) is 30.3 Å². The molecule has 3 saturated heterocycles. The summed E-state index contributed by atoms with van der Waals surface area (Å²) in [6.45, 7) is 4.65. The fraction of sp³-hybridized carbons (Fsp3) is 0.483. The second kappa shape index (κ2) is 10.7. The molecule has 2 bridgehead atoms. The van der Waals surface area contributed by atoms with Crippen LogP contribution in [-0.4, -0.2) is 70.1 Å². The van der Waals surface area contributed by atoms with Gasteiger partial charge in [-0.15, -0.1) is 11.8 Å². The molecule has 0 aromatic heterocycles. The second-order valence-corrected chi connectivity index (χ2v) is 12.4. The van der Waals surface area contributed by atoms with Crippen LogP contribution in [0.4, 0.5) is 11.4 Å². The van der Waals surface area contributed by atoms with Crippen LogP contribution in [0.3, 0.4) is 0 Å². The number of amides is 3. The van der Waals surface area contributed by atoms with Gasteiger partial charge in [0.15, 0.2) is 0 Å². The van der Waals surface area contributed by atoms with Crippen molar-refractivity contribution in [2.24, 2.45) is 11.8 Å². The Morgan fingerprint density at radius 3 is 2.23 bits per heavy atom. The minimum Gasteiger partial charge on any atom is -0.497 e. The van der Waals surface area contributed by atoms with E-state index in [1.807, 2.05) is 13.8 Å². The van der Waals surface area contributed by atoms with Gasteiger partial charge < -0.3 is 30.1 Å². The number of carbonyl (C=O) groups is 3. The van der Waals surface area contributed by atoms with Crippen molar-refractivity contribution >= 4 is 40.9 Å². The Morgan fingerprint density at radius 1 is 1.03 bits per heavy atom. The molecule has 3 fully saturated rings. The van der Waals surface area contributed by atoms with E-state index in [0.717, 1.165) is 6.42 Å². The number of methoxy groups -OCH3 is 1. The van der Waals surface area contributed by atoms with E-state index in [9.17, 15) is 19.5 Å². The molecular weight excluding hydrogens is 518 g/mol. The highest BCUT2D eigenvalue weighted by atomic mass is 32.2. The lowest BCUT2D eigenvalue weighted by Gasteiger charge is -2.34. The number of hydrogen-bond acceptors (Lipinski definition) is 7. The number of anilines is 2. The molecule has 3 heterocycles. The molecule has 5 atom stereocenters. The lowest BCUT2D eigenvalue weighted by atomic mass is 9.66. The minimum absolute atomic E-state index is 0.0964. The number of nitrogens with zero attached hydrogens (tertiary/aromatic N) is 1. The van der Waals surface area contributed by atoms with Gasteiger partial charge in [-0.25, -0.2) is 0 Å². The lowest BCUT2D eigenvalue weighted by Crippen LogP contribution is -2.52. The number of nitrogens with one attached hydrogen (secondary N) is 2. The average molecular weight is 554 g/mol. The molecule has 0 radical (unpaired) electrons. The van der Waals surface area contributed by atoms with Gasteiger partial charge in [0, 0.05) is 29.3 Å². The van der Waals surface area contributed by atoms with Crippen molar-refractivity contribution in [1.82, 2.24) is 4.90 Å². The summed E-state index contributed by atoms with van der Waals surface area (Å²) in [6, 6.07) is 13.5. The van der Waals surface area contributed by atoms with Crippen molar-refractivity contribution in [3.8, 4) is 11.5 Å². The maximum atomic E-state index is 14.0. The SMILES string of the molecule is CCOc1ccc(NC(=O)[C@@H]2[C@H]3C(=O)N(CCCO)C(C(=O)Nc4ccc(OC)cc4)C34CC[C@@]2(C)S4)cc1. The van der Waals surface area contributed by atoms with Gasteiger partial charge in [-0.3, -0.25) is 14.4 Å². The third kappa shape index (κ3) is 4.74. The van der Waals surface area contributed by atoms with E-state index < -0.39 is 27.4 Å². The summed E-state index contributed by atoms with van der Waals surface area (Å²) in [5.74, 6) is -0.522. The first-order chi connectivity index (χ1) is 18.8. The Labute approximate surface area is 232 Å². The van der Waals surface area contributed by atoms with Crippen LogP contribution in [0.25, 0.3) is 0 Å². The number of benzene rings is 2. The van der Waals surface area contributed by atoms with Crippen molar-refractivity contribution < 1.29 is 29.0 Å². The number of fused-ring (bicyclic) bond motifs is 1. The number of aliphatic hydroxyl groups excluding tert-OH is 1. The Morgan fingerprint density at radius 2 is 1.64 bits per heavy atom. The molecule has 3 aliphatic rings. The summed E-state index contributed by atoms with van der Waals surface area (Å²) in [5, 5.41) is 15.5. The third-order valence-corrected chi connectivity index (χ3v) is 10.1. The largest absolute Gasteiger partial charge is 0.497 e. The summed E-state index contributed by atoms with van der Waals surface area (Å²) in [7, 11) is 1.58. The van der Waals surface area contributed by atoms with Crippen LogP contribution in [0.2, 0.25) is 0 Å². The molecule has 2 unspecified atom stereocenters. The van der Waals surface area contributed by atoms with E-state index in [4.69, 9.17) is 9.47 Å². The van der Waals surface area contributed by atoms with Gasteiger partial charge in [-0.05, 0) is 81.6 Å². The molecule has 2 aromatic carbocycles. The van der Waals surface area contributed by atoms with Crippen LogP contribution in [0.5, 0.6) is 11.5 Å². The number of thioether (sulfide) groups is 1. The zero-order valence-electron chi connectivity index (χ0n) is 22.4. The smallest absolute Gasteiger partial charge is 0.248 e.